The molecule has 1 heterocycles. The van der Waals surface area contributed by atoms with Crippen LogP contribution in [0.15, 0.2) is 47.7 Å². The summed E-state index contributed by atoms with van der Waals surface area (Å²) in [6.45, 7) is 7.75. The number of hydrogen-bond acceptors (Lipinski definition) is 3. The van der Waals surface area contributed by atoms with Crippen LogP contribution in [0.25, 0.3) is 0 Å². The number of guanidine groups is 1. The number of carbonyl (C=O) groups excluding carboxylic acids is 1. The molecule has 1 aromatic carbocycles. The minimum absolute atomic E-state index is 0. The zero-order valence-corrected chi connectivity index (χ0v) is 18.4. The van der Waals surface area contributed by atoms with Crippen molar-refractivity contribution in [3.8, 4) is 0 Å². The third kappa shape index (κ3) is 8.85. The summed E-state index contributed by atoms with van der Waals surface area (Å²) < 4.78 is 0. The normalized spacial score (nSPS) is 10.7. The molecule has 0 radical (unpaired) electrons. The third-order valence-corrected chi connectivity index (χ3v) is 3.66. The average Bonchev–Trinajstić information content (AvgIpc) is 2.60. The second-order valence-corrected chi connectivity index (χ2v) is 6.16. The molecule has 0 aliphatic carbocycles. The molecule has 0 unspecified atom stereocenters. The average molecular weight is 481 g/mol. The van der Waals surface area contributed by atoms with Crippen LogP contribution in [0.3, 0.4) is 0 Å². The number of carbonyl (C=O) groups is 1. The maximum Gasteiger partial charge on any atom is 0.246 e. The first kappa shape index (κ1) is 22.9. The Kier molecular flexibility index (Phi) is 10.4. The van der Waals surface area contributed by atoms with Gasteiger partial charge in [0.1, 0.15) is 6.54 Å². The molecule has 7 heteroatoms. The van der Waals surface area contributed by atoms with Crippen molar-refractivity contribution in [1.29, 1.82) is 0 Å². The summed E-state index contributed by atoms with van der Waals surface area (Å²) in [4.78, 5) is 20.3. The maximum absolute atomic E-state index is 12.0. The highest BCUT2D eigenvalue weighted by atomic mass is 127. The summed E-state index contributed by atoms with van der Waals surface area (Å²) in [5, 5.41) is 9.20. The van der Waals surface area contributed by atoms with Gasteiger partial charge in [-0.25, -0.2) is 4.99 Å². The molecule has 1 aromatic heterocycles. The summed E-state index contributed by atoms with van der Waals surface area (Å²) in [7, 11) is 0. The van der Waals surface area contributed by atoms with E-state index in [0.29, 0.717) is 11.6 Å². The van der Waals surface area contributed by atoms with Crippen LogP contribution in [-0.4, -0.2) is 36.5 Å². The number of aryl methyl sites for hydroxylation is 2. The van der Waals surface area contributed by atoms with Crippen molar-refractivity contribution < 1.29 is 4.79 Å². The molecule has 6 nitrogen and oxygen atoms in total. The molecule has 0 atom stereocenters. The van der Waals surface area contributed by atoms with Gasteiger partial charge in [-0.1, -0.05) is 29.3 Å². The van der Waals surface area contributed by atoms with E-state index in [2.05, 4.69) is 58.0 Å². The van der Waals surface area contributed by atoms with E-state index in [1.165, 1.54) is 16.7 Å². The van der Waals surface area contributed by atoms with E-state index in [4.69, 9.17) is 0 Å². The lowest BCUT2D eigenvalue weighted by Crippen LogP contribution is -2.39. The molecule has 0 saturated heterocycles. The van der Waals surface area contributed by atoms with Gasteiger partial charge < -0.3 is 16.0 Å². The smallest absolute Gasteiger partial charge is 0.246 e. The van der Waals surface area contributed by atoms with Crippen LogP contribution < -0.4 is 16.0 Å². The van der Waals surface area contributed by atoms with Gasteiger partial charge in [0.05, 0.1) is 11.9 Å². The van der Waals surface area contributed by atoms with Crippen molar-refractivity contribution in [2.45, 2.75) is 27.2 Å². The number of aromatic nitrogens is 1. The first-order valence-electron chi connectivity index (χ1n) is 8.86. The van der Waals surface area contributed by atoms with E-state index in [0.717, 1.165) is 19.5 Å². The van der Waals surface area contributed by atoms with Gasteiger partial charge in [0.2, 0.25) is 5.91 Å². The van der Waals surface area contributed by atoms with Crippen LogP contribution in [0.4, 0.5) is 5.69 Å². The molecule has 0 aliphatic heterocycles. The van der Waals surface area contributed by atoms with Crippen molar-refractivity contribution in [3.63, 3.8) is 0 Å². The van der Waals surface area contributed by atoms with E-state index in [9.17, 15) is 4.79 Å². The van der Waals surface area contributed by atoms with Gasteiger partial charge in [-0.15, -0.1) is 24.0 Å². The lowest BCUT2D eigenvalue weighted by atomic mass is 10.1. The van der Waals surface area contributed by atoms with Crippen LogP contribution in [0, 0.1) is 13.8 Å². The molecular formula is C20H28IN5O. The number of aliphatic imine (C=N–C) groups is 1. The second kappa shape index (κ2) is 12.3. The quantitative estimate of drug-likeness (QED) is 0.323. The predicted octanol–water partition coefficient (Wildman–Crippen LogP) is 3.05. The predicted molar refractivity (Wildman–Crippen MR) is 122 cm³/mol. The Morgan fingerprint density at radius 2 is 1.89 bits per heavy atom. The number of hydrogen-bond donors (Lipinski definition) is 3. The summed E-state index contributed by atoms with van der Waals surface area (Å²) >= 11 is 0. The maximum atomic E-state index is 12.0. The van der Waals surface area contributed by atoms with Gasteiger partial charge in [0.25, 0.3) is 0 Å². The molecule has 27 heavy (non-hydrogen) atoms. The number of nitrogens with zero attached hydrogens (tertiary/aromatic N) is 2. The number of benzene rings is 1. The van der Waals surface area contributed by atoms with Crippen molar-refractivity contribution in [3.05, 3.63) is 59.4 Å². The SMILES string of the molecule is CCNC(=NCC(=O)Nc1cccnc1)NCCc1cc(C)cc(C)c1.I. The zero-order valence-electron chi connectivity index (χ0n) is 16.1. The standard InChI is InChI=1S/C20H27N5O.HI/c1-4-22-20(23-9-7-17-11-15(2)10-16(3)12-17)24-14-19(26)25-18-6-5-8-21-13-18;/h5-6,8,10-13H,4,7,9,14H2,1-3H3,(H,25,26)(H2,22,23,24);1H. The first-order chi connectivity index (χ1) is 12.6. The number of halogens is 1. The molecule has 3 N–H and O–H groups in total. The number of pyridine rings is 1. The summed E-state index contributed by atoms with van der Waals surface area (Å²) in [6.07, 6.45) is 4.17. The molecule has 2 aromatic rings. The number of nitrogens with one attached hydrogen (secondary N) is 3. The molecule has 146 valence electrons. The fourth-order valence-corrected chi connectivity index (χ4v) is 2.67. The largest absolute Gasteiger partial charge is 0.357 e. The van der Waals surface area contributed by atoms with Crippen LogP contribution in [0.5, 0.6) is 0 Å². The van der Waals surface area contributed by atoms with Crippen LogP contribution in [0.2, 0.25) is 0 Å². The van der Waals surface area contributed by atoms with Crippen molar-refractivity contribution >= 4 is 41.5 Å². The summed E-state index contributed by atoms with van der Waals surface area (Å²) in [5.41, 5.74) is 4.50. The fourth-order valence-electron chi connectivity index (χ4n) is 2.67. The van der Waals surface area contributed by atoms with Gasteiger partial charge in [-0.3, -0.25) is 9.78 Å². The van der Waals surface area contributed by atoms with Gasteiger partial charge in [0.15, 0.2) is 5.96 Å². The Hall–Kier alpha value is -2.16. The van der Waals surface area contributed by atoms with E-state index in [1.807, 2.05) is 6.92 Å². The highest BCUT2D eigenvalue weighted by Gasteiger charge is 2.03. The third-order valence-electron chi connectivity index (χ3n) is 3.66. The topological polar surface area (TPSA) is 78.4 Å². The Bertz CT molecular complexity index is 729. The highest BCUT2D eigenvalue weighted by molar-refractivity contribution is 14.0. The number of rotatable bonds is 7. The Balaban J connectivity index is 0.00000364. The summed E-state index contributed by atoms with van der Waals surface area (Å²) in [6, 6.07) is 10.1. The van der Waals surface area contributed by atoms with Crippen molar-refractivity contribution in [2.75, 3.05) is 25.0 Å². The number of amides is 1. The minimum Gasteiger partial charge on any atom is -0.357 e. The molecule has 0 bridgehead atoms. The first-order valence-corrected chi connectivity index (χ1v) is 8.86. The second-order valence-electron chi connectivity index (χ2n) is 6.16. The lowest BCUT2D eigenvalue weighted by molar-refractivity contribution is -0.114. The van der Waals surface area contributed by atoms with Crippen molar-refractivity contribution in [2.24, 2.45) is 4.99 Å². The molecule has 2 rings (SSSR count). The van der Waals surface area contributed by atoms with Gasteiger partial charge in [0, 0.05) is 19.3 Å². The highest BCUT2D eigenvalue weighted by Crippen LogP contribution is 2.09. The van der Waals surface area contributed by atoms with Crippen LogP contribution in [-0.2, 0) is 11.2 Å². The van der Waals surface area contributed by atoms with E-state index in [-0.39, 0.29) is 36.4 Å². The Morgan fingerprint density at radius 3 is 2.52 bits per heavy atom. The Morgan fingerprint density at radius 1 is 1.15 bits per heavy atom. The summed E-state index contributed by atoms with van der Waals surface area (Å²) in [5.74, 6) is 0.461. The zero-order chi connectivity index (χ0) is 18.8. The molecule has 0 fully saturated rings. The molecule has 0 saturated carbocycles. The van der Waals surface area contributed by atoms with Crippen LogP contribution in [0.1, 0.15) is 23.6 Å². The molecule has 0 aliphatic rings. The molecular weight excluding hydrogens is 453 g/mol. The lowest BCUT2D eigenvalue weighted by Gasteiger charge is -2.12. The monoisotopic (exact) mass is 481 g/mol. The van der Waals surface area contributed by atoms with Gasteiger partial charge >= 0.3 is 0 Å². The molecule has 1 amide bonds. The van der Waals surface area contributed by atoms with E-state index >= 15 is 0 Å². The van der Waals surface area contributed by atoms with Crippen LogP contribution >= 0.6 is 24.0 Å². The minimum atomic E-state index is -0.176. The van der Waals surface area contributed by atoms with Gasteiger partial charge in [-0.05, 0) is 44.9 Å². The molecule has 0 spiro atoms. The van der Waals surface area contributed by atoms with E-state index in [1.54, 1.807) is 24.5 Å². The van der Waals surface area contributed by atoms with Crippen molar-refractivity contribution in [1.82, 2.24) is 15.6 Å². The fraction of sp³-hybridized carbons (Fsp3) is 0.350. The Labute approximate surface area is 178 Å². The van der Waals surface area contributed by atoms with E-state index < -0.39 is 0 Å². The number of anilines is 1. The van der Waals surface area contributed by atoms with Gasteiger partial charge in [-0.2, -0.15) is 0 Å².